The Morgan fingerprint density at radius 3 is 2.65 bits per heavy atom. The highest BCUT2D eigenvalue weighted by molar-refractivity contribution is 6.31. The summed E-state index contributed by atoms with van der Waals surface area (Å²) in [6.07, 6.45) is 4.00. The Morgan fingerprint density at radius 1 is 1.05 bits per heavy atom. The van der Waals surface area contributed by atoms with Gasteiger partial charge in [-0.05, 0) is 93.3 Å². The molecule has 3 aromatic carbocycles. The molecule has 9 nitrogen and oxygen atoms in total. The van der Waals surface area contributed by atoms with Gasteiger partial charge in [0.25, 0.3) is 0 Å². The van der Waals surface area contributed by atoms with E-state index in [9.17, 15) is 19.9 Å². The van der Waals surface area contributed by atoms with Crippen LogP contribution >= 0.6 is 11.6 Å². The molecular weight excluding hydrogens is 535 g/mol. The van der Waals surface area contributed by atoms with Gasteiger partial charge in [-0.2, -0.15) is 5.43 Å². The molecule has 1 unspecified atom stereocenters. The van der Waals surface area contributed by atoms with Crippen LogP contribution < -0.4 is 15.7 Å². The molecule has 5 N–H and O–H groups in total. The number of halogens is 2. The second-order valence-corrected chi connectivity index (χ2v) is 11.1. The summed E-state index contributed by atoms with van der Waals surface area (Å²) in [7, 11) is 2.12. The molecule has 0 saturated carbocycles. The van der Waals surface area contributed by atoms with Gasteiger partial charge in [0, 0.05) is 39.8 Å². The first-order valence-electron chi connectivity index (χ1n) is 13.3. The molecule has 1 fully saturated rings. The summed E-state index contributed by atoms with van der Waals surface area (Å²) in [5, 5.41) is 36.6. The number of anilines is 2. The largest absolute Gasteiger partial charge is 0.388 e. The number of fused-ring (bicyclic) bond motifs is 2. The Balaban J connectivity index is 1.25. The van der Waals surface area contributed by atoms with Crippen LogP contribution in [0.15, 0.2) is 54.7 Å². The molecule has 1 aliphatic carbocycles. The van der Waals surface area contributed by atoms with Crippen molar-refractivity contribution in [2.75, 3.05) is 30.9 Å². The summed E-state index contributed by atoms with van der Waals surface area (Å²) < 4.78 is 15.0. The molecule has 1 saturated heterocycles. The van der Waals surface area contributed by atoms with E-state index in [0.29, 0.717) is 41.5 Å². The number of hydrogen-bond acceptors (Lipinski definition) is 8. The van der Waals surface area contributed by atoms with E-state index in [2.05, 4.69) is 32.7 Å². The SMILES string of the molecule is CN1CCC(Nc2ncc3cc(-c4cc(N[N+](O)(O)c5cc(Cl)cc6c5CCC6O)ccc4F)ccc3n2)CC1. The molecule has 0 spiro atoms. The Labute approximate surface area is 235 Å². The summed E-state index contributed by atoms with van der Waals surface area (Å²) in [6, 6.07) is 13.0. The molecule has 1 atom stereocenters. The maximum atomic E-state index is 15.0. The number of hydrogen-bond donors (Lipinski definition) is 5. The second kappa shape index (κ2) is 10.5. The quantitative estimate of drug-likeness (QED) is 0.150. The minimum atomic E-state index is -1.71. The molecule has 208 valence electrons. The fraction of sp³-hybridized carbons (Fsp3) is 0.310. The monoisotopic (exact) mass is 565 g/mol. The highest BCUT2D eigenvalue weighted by atomic mass is 35.5. The lowest BCUT2D eigenvalue weighted by Crippen LogP contribution is -2.48. The van der Waals surface area contributed by atoms with Crippen LogP contribution in [0, 0.1) is 5.82 Å². The lowest BCUT2D eigenvalue weighted by atomic mass is 10.0. The van der Waals surface area contributed by atoms with E-state index < -0.39 is 16.8 Å². The summed E-state index contributed by atoms with van der Waals surface area (Å²) in [6.45, 7) is 2.07. The topological polar surface area (TPSA) is 114 Å². The lowest BCUT2D eigenvalue weighted by molar-refractivity contribution is -0.272. The molecule has 11 heteroatoms. The Kier molecular flexibility index (Phi) is 7.07. The summed E-state index contributed by atoms with van der Waals surface area (Å²) >= 11 is 6.20. The van der Waals surface area contributed by atoms with Gasteiger partial charge in [-0.25, -0.2) is 14.4 Å². The van der Waals surface area contributed by atoms with Crippen molar-refractivity contribution in [3.63, 3.8) is 0 Å². The summed E-state index contributed by atoms with van der Waals surface area (Å²) in [4.78, 5) is 9.72. The third kappa shape index (κ3) is 5.34. The third-order valence-electron chi connectivity index (χ3n) is 7.78. The highest BCUT2D eigenvalue weighted by Gasteiger charge is 2.37. The number of piperidine rings is 1. The number of aliphatic hydroxyl groups is 1. The molecule has 4 aromatic rings. The molecule has 40 heavy (non-hydrogen) atoms. The predicted octanol–water partition coefficient (Wildman–Crippen LogP) is 5.69. The van der Waals surface area contributed by atoms with Crippen LogP contribution in [0.4, 0.5) is 21.7 Å². The Bertz CT molecular complexity index is 1580. The van der Waals surface area contributed by atoms with Gasteiger partial charge in [0.15, 0.2) is 0 Å². The molecule has 0 bridgehead atoms. The van der Waals surface area contributed by atoms with Crippen molar-refractivity contribution in [2.24, 2.45) is 0 Å². The van der Waals surface area contributed by atoms with Crippen LogP contribution in [0.25, 0.3) is 22.0 Å². The summed E-state index contributed by atoms with van der Waals surface area (Å²) in [5.74, 6) is 0.110. The van der Waals surface area contributed by atoms with Crippen molar-refractivity contribution < 1.29 is 19.9 Å². The van der Waals surface area contributed by atoms with Gasteiger partial charge in [-0.1, -0.05) is 17.7 Å². The minimum absolute atomic E-state index is 0.0949. The van der Waals surface area contributed by atoms with E-state index >= 15 is 0 Å². The van der Waals surface area contributed by atoms with Gasteiger partial charge >= 0.3 is 0 Å². The van der Waals surface area contributed by atoms with E-state index in [4.69, 9.17) is 11.6 Å². The van der Waals surface area contributed by atoms with Gasteiger partial charge in [0.05, 0.1) is 22.2 Å². The second-order valence-electron chi connectivity index (χ2n) is 10.6. The zero-order chi connectivity index (χ0) is 28.0. The summed E-state index contributed by atoms with van der Waals surface area (Å²) in [5.41, 5.74) is 5.77. The van der Waals surface area contributed by atoms with Crippen LogP contribution in [-0.2, 0) is 6.42 Å². The van der Waals surface area contributed by atoms with E-state index in [1.165, 1.54) is 24.3 Å². The van der Waals surface area contributed by atoms with Crippen molar-refractivity contribution in [3.8, 4) is 11.1 Å². The predicted molar refractivity (Wildman–Crippen MR) is 153 cm³/mol. The van der Waals surface area contributed by atoms with E-state index in [1.807, 2.05) is 12.1 Å². The number of nitrogens with zero attached hydrogens (tertiary/aromatic N) is 4. The van der Waals surface area contributed by atoms with Crippen molar-refractivity contribution in [1.82, 2.24) is 19.8 Å². The lowest BCUT2D eigenvalue weighted by Gasteiger charge is -2.29. The third-order valence-corrected chi connectivity index (χ3v) is 8.00. The molecule has 1 aromatic heterocycles. The Hall–Kier alpha value is -3.38. The zero-order valence-electron chi connectivity index (χ0n) is 22.0. The van der Waals surface area contributed by atoms with Gasteiger partial charge < -0.3 is 15.3 Å². The zero-order valence-corrected chi connectivity index (χ0v) is 22.7. The maximum absolute atomic E-state index is 15.0. The number of benzene rings is 3. The smallest absolute Gasteiger partial charge is 0.232 e. The van der Waals surface area contributed by atoms with Crippen LogP contribution in [0.3, 0.4) is 0 Å². The Morgan fingerprint density at radius 2 is 1.85 bits per heavy atom. The van der Waals surface area contributed by atoms with Gasteiger partial charge in [0.1, 0.15) is 5.82 Å². The van der Waals surface area contributed by atoms with Gasteiger partial charge in [-0.3, -0.25) is 0 Å². The molecule has 2 aliphatic rings. The van der Waals surface area contributed by atoms with Crippen molar-refractivity contribution in [2.45, 2.75) is 37.8 Å². The first-order chi connectivity index (χ1) is 19.2. The number of aromatic nitrogens is 2. The van der Waals surface area contributed by atoms with Gasteiger partial charge in [0.2, 0.25) is 11.6 Å². The highest BCUT2D eigenvalue weighted by Crippen LogP contribution is 2.41. The molecule has 0 amide bonds. The average Bonchev–Trinajstić information content (AvgIpc) is 3.30. The van der Waals surface area contributed by atoms with Crippen molar-refractivity contribution in [3.05, 3.63) is 76.7 Å². The molecular formula is C29H31ClFN6O3+. The number of quaternary nitrogens is 1. The fourth-order valence-electron chi connectivity index (χ4n) is 5.59. The maximum Gasteiger partial charge on any atom is 0.232 e. The average molecular weight is 566 g/mol. The molecule has 2 heterocycles. The van der Waals surface area contributed by atoms with E-state index in [-0.39, 0.29) is 22.0 Å². The van der Waals surface area contributed by atoms with Gasteiger partial charge in [-0.15, -0.1) is 10.4 Å². The standard InChI is InChI=1S/C29H31ClFN6O3/c1-36-10-8-20(9-11-36)33-29-32-16-18-12-17(2-6-26(18)34-29)23-15-21(3-5-25(23)31)35-37(39,40)27-14-19(30)13-24-22(27)4-7-28(24)38/h2-3,5-6,12-16,20,28,35,38-40H,4,7-11H2,1H3,(H,32,33,34)/q+1. The fourth-order valence-corrected chi connectivity index (χ4v) is 5.81. The number of likely N-dealkylation sites (tertiary alicyclic amines) is 1. The van der Waals surface area contributed by atoms with Crippen molar-refractivity contribution >= 4 is 39.8 Å². The first-order valence-corrected chi connectivity index (χ1v) is 13.7. The number of rotatable bonds is 6. The normalized spacial score (nSPS) is 18.2. The molecule has 1 aliphatic heterocycles. The minimum Gasteiger partial charge on any atom is -0.388 e. The first kappa shape index (κ1) is 26.8. The molecule has 6 rings (SSSR count). The van der Waals surface area contributed by atoms with Crippen LogP contribution in [-0.4, -0.2) is 56.6 Å². The number of aliphatic hydroxyl groups excluding tert-OH is 1. The number of nitrogens with one attached hydrogen (secondary N) is 2. The van der Waals surface area contributed by atoms with Crippen LogP contribution in [0.1, 0.15) is 36.5 Å². The van der Waals surface area contributed by atoms with E-state index in [0.717, 1.165) is 36.8 Å². The molecule has 0 radical (unpaired) electrons. The van der Waals surface area contributed by atoms with Crippen molar-refractivity contribution in [1.29, 1.82) is 0 Å². The van der Waals surface area contributed by atoms with E-state index in [1.54, 1.807) is 18.3 Å². The van der Waals surface area contributed by atoms with Crippen LogP contribution in [0.5, 0.6) is 0 Å². The van der Waals surface area contributed by atoms with Crippen LogP contribution in [0.2, 0.25) is 5.02 Å².